The standard InChI is InChI=1S/C22H20N6OS2/c1-11-2-5-13-14(7-23)22(31-17(13)6-11)27-18(29)10-30-21-16(9-25)19(12-3-4-12)15(8-24)20(26)28-21/h11-12H,2-6,10H2,1H3,(H2,26,28)(H,27,29). The van der Waals surface area contributed by atoms with Crippen molar-refractivity contribution >= 4 is 39.8 Å². The molecule has 1 amide bonds. The number of anilines is 2. The van der Waals surface area contributed by atoms with E-state index in [9.17, 15) is 20.6 Å². The van der Waals surface area contributed by atoms with E-state index >= 15 is 0 Å². The summed E-state index contributed by atoms with van der Waals surface area (Å²) in [5.74, 6) is 0.587. The van der Waals surface area contributed by atoms with Gasteiger partial charge in [-0.3, -0.25) is 4.79 Å². The number of hydrogen-bond donors (Lipinski definition) is 2. The van der Waals surface area contributed by atoms with E-state index in [1.54, 1.807) is 0 Å². The number of rotatable bonds is 5. The molecule has 2 aliphatic carbocycles. The summed E-state index contributed by atoms with van der Waals surface area (Å²) in [7, 11) is 0. The lowest BCUT2D eigenvalue weighted by Crippen LogP contribution is -2.15. The van der Waals surface area contributed by atoms with E-state index in [0.29, 0.717) is 32.6 Å². The number of nitrogens with zero attached hydrogens (tertiary/aromatic N) is 4. The predicted octanol–water partition coefficient (Wildman–Crippen LogP) is 4.07. The number of nitrogens with two attached hydrogens (primary N) is 1. The zero-order valence-corrected chi connectivity index (χ0v) is 18.6. The number of amides is 1. The molecule has 4 rings (SSSR count). The summed E-state index contributed by atoms with van der Waals surface area (Å²) >= 11 is 2.61. The summed E-state index contributed by atoms with van der Waals surface area (Å²) in [4.78, 5) is 18.0. The number of nitriles is 3. The van der Waals surface area contributed by atoms with Crippen LogP contribution in [0.5, 0.6) is 0 Å². The zero-order chi connectivity index (χ0) is 22.1. The fourth-order valence-electron chi connectivity index (χ4n) is 3.96. The van der Waals surface area contributed by atoms with E-state index < -0.39 is 0 Å². The normalized spacial score (nSPS) is 17.2. The number of fused-ring (bicyclic) bond motifs is 1. The first kappa shape index (κ1) is 21.2. The van der Waals surface area contributed by atoms with Crippen molar-refractivity contribution in [2.75, 3.05) is 16.8 Å². The lowest BCUT2D eigenvalue weighted by Gasteiger charge is -2.17. The summed E-state index contributed by atoms with van der Waals surface area (Å²) in [5, 5.41) is 32.5. The SMILES string of the molecule is CC1CCc2c(sc(NC(=O)CSc3nc(N)c(C#N)c(C4CC4)c3C#N)c2C#N)C1. The van der Waals surface area contributed by atoms with E-state index in [0.717, 1.165) is 49.4 Å². The second-order valence-electron chi connectivity index (χ2n) is 7.97. The Labute approximate surface area is 188 Å². The molecule has 9 heteroatoms. The van der Waals surface area contributed by atoms with E-state index in [1.165, 1.54) is 16.2 Å². The van der Waals surface area contributed by atoms with Gasteiger partial charge in [-0.2, -0.15) is 15.8 Å². The number of aromatic nitrogens is 1. The van der Waals surface area contributed by atoms with Crippen molar-refractivity contribution in [3.05, 3.63) is 32.7 Å². The van der Waals surface area contributed by atoms with Crippen LogP contribution in [0, 0.1) is 39.9 Å². The molecule has 3 N–H and O–H groups in total. The van der Waals surface area contributed by atoms with Crippen LogP contribution in [0.15, 0.2) is 5.03 Å². The van der Waals surface area contributed by atoms with Gasteiger partial charge >= 0.3 is 0 Å². The molecule has 0 saturated heterocycles. The molecule has 0 aromatic carbocycles. The Morgan fingerprint density at radius 3 is 2.55 bits per heavy atom. The maximum absolute atomic E-state index is 12.6. The van der Waals surface area contributed by atoms with Gasteiger partial charge in [0.05, 0.1) is 22.4 Å². The number of thiophene rings is 1. The quantitative estimate of drug-likeness (QED) is 0.657. The van der Waals surface area contributed by atoms with Gasteiger partial charge in [-0.15, -0.1) is 11.3 Å². The van der Waals surface area contributed by atoms with Crippen molar-refractivity contribution in [3.8, 4) is 18.2 Å². The first-order valence-electron chi connectivity index (χ1n) is 10.1. The van der Waals surface area contributed by atoms with Gasteiger partial charge in [0.25, 0.3) is 0 Å². The lowest BCUT2D eigenvalue weighted by molar-refractivity contribution is -0.113. The van der Waals surface area contributed by atoms with Crippen molar-refractivity contribution in [2.45, 2.75) is 50.0 Å². The van der Waals surface area contributed by atoms with Crippen molar-refractivity contribution in [1.29, 1.82) is 15.8 Å². The van der Waals surface area contributed by atoms with Gasteiger partial charge in [-0.1, -0.05) is 18.7 Å². The van der Waals surface area contributed by atoms with Crippen molar-refractivity contribution in [1.82, 2.24) is 4.98 Å². The van der Waals surface area contributed by atoms with Crippen LogP contribution < -0.4 is 11.1 Å². The second kappa shape index (κ2) is 8.59. The molecule has 1 atom stereocenters. The smallest absolute Gasteiger partial charge is 0.235 e. The minimum atomic E-state index is -0.269. The highest BCUT2D eigenvalue weighted by molar-refractivity contribution is 8.00. The molecule has 0 aliphatic heterocycles. The van der Waals surface area contributed by atoms with E-state index in [1.807, 2.05) is 0 Å². The van der Waals surface area contributed by atoms with Crippen LogP contribution in [0.4, 0.5) is 10.8 Å². The zero-order valence-electron chi connectivity index (χ0n) is 17.0. The van der Waals surface area contributed by atoms with Crippen LogP contribution in [0.25, 0.3) is 0 Å². The van der Waals surface area contributed by atoms with Gasteiger partial charge in [0.15, 0.2) is 0 Å². The average Bonchev–Trinajstić information content (AvgIpc) is 3.53. The molecule has 2 aliphatic rings. The maximum atomic E-state index is 12.6. The Kier molecular flexibility index (Phi) is 5.87. The summed E-state index contributed by atoms with van der Waals surface area (Å²) in [6.45, 7) is 2.20. The monoisotopic (exact) mass is 448 g/mol. The Balaban J connectivity index is 1.53. The number of thioether (sulfide) groups is 1. The van der Waals surface area contributed by atoms with Crippen LogP contribution in [-0.2, 0) is 17.6 Å². The molecular weight excluding hydrogens is 428 g/mol. The fourth-order valence-corrected chi connectivity index (χ4v) is 6.14. The molecule has 0 bridgehead atoms. The largest absolute Gasteiger partial charge is 0.383 e. The number of carbonyl (C=O) groups is 1. The Hall–Kier alpha value is -3.06. The number of pyridine rings is 1. The molecule has 0 spiro atoms. The first-order valence-corrected chi connectivity index (χ1v) is 11.9. The number of nitrogen functional groups attached to an aromatic ring is 1. The van der Waals surface area contributed by atoms with Crippen LogP contribution in [-0.4, -0.2) is 16.6 Å². The van der Waals surface area contributed by atoms with Gasteiger partial charge in [-0.05, 0) is 55.1 Å². The molecule has 7 nitrogen and oxygen atoms in total. The van der Waals surface area contributed by atoms with Crippen LogP contribution in [0.1, 0.15) is 64.8 Å². The first-order chi connectivity index (χ1) is 15.0. The molecule has 1 fully saturated rings. The van der Waals surface area contributed by atoms with Gasteiger partial charge in [0.2, 0.25) is 5.91 Å². The fraction of sp³-hybridized carbons (Fsp3) is 0.409. The third-order valence-corrected chi connectivity index (χ3v) is 7.80. The molecule has 2 aromatic rings. The second-order valence-corrected chi connectivity index (χ2v) is 10.0. The Bertz CT molecular complexity index is 1190. The summed E-state index contributed by atoms with van der Waals surface area (Å²) in [6.07, 6.45) is 4.67. The van der Waals surface area contributed by atoms with E-state index in [4.69, 9.17) is 5.73 Å². The van der Waals surface area contributed by atoms with Gasteiger partial charge in [0, 0.05) is 4.88 Å². The number of hydrogen-bond acceptors (Lipinski definition) is 8. The van der Waals surface area contributed by atoms with Crippen molar-refractivity contribution in [3.63, 3.8) is 0 Å². The Morgan fingerprint density at radius 2 is 1.90 bits per heavy atom. The molecule has 156 valence electrons. The van der Waals surface area contributed by atoms with Gasteiger partial charge in [-0.25, -0.2) is 4.98 Å². The highest BCUT2D eigenvalue weighted by Crippen LogP contribution is 2.46. The summed E-state index contributed by atoms with van der Waals surface area (Å²) in [6, 6.07) is 6.47. The van der Waals surface area contributed by atoms with Crippen molar-refractivity contribution < 1.29 is 4.79 Å². The molecule has 1 saturated carbocycles. The van der Waals surface area contributed by atoms with Crippen LogP contribution >= 0.6 is 23.1 Å². The van der Waals surface area contributed by atoms with Crippen LogP contribution in [0.3, 0.4) is 0 Å². The molecule has 0 radical (unpaired) electrons. The van der Waals surface area contributed by atoms with Crippen LogP contribution in [0.2, 0.25) is 0 Å². The van der Waals surface area contributed by atoms with E-state index in [-0.39, 0.29) is 29.0 Å². The maximum Gasteiger partial charge on any atom is 0.235 e. The van der Waals surface area contributed by atoms with E-state index in [2.05, 4.69) is 35.4 Å². The number of carbonyl (C=O) groups excluding carboxylic acids is 1. The van der Waals surface area contributed by atoms with Crippen molar-refractivity contribution in [2.24, 2.45) is 5.92 Å². The molecule has 31 heavy (non-hydrogen) atoms. The Morgan fingerprint density at radius 1 is 1.19 bits per heavy atom. The highest BCUT2D eigenvalue weighted by Gasteiger charge is 2.32. The minimum Gasteiger partial charge on any atom is -0.383 e. The topological polar surface area (TPSA) is 139 Å². The minimum absolute atomic E-state index is 0.0287. The highest BCUT2D eigenvalue weighted by atomic mass is 32.2. The van der Waals surface area contributed by atoms with Gasteiger partial charge < -0.3 is 11.1 Å². The third kappa shape index (κ3) is 4.10. The number of nitrogens with one attached hydrogen (secondary N) is 1. The molecule has 1 unspecified atom stereocenters. The molecule has 2 heterocycles. The average molecular weight is 449 g/mol. The summed E-state index contributed by atoms with van der Waals surface area (Å²) in [5.41, 5.74) is 8.87. The lowest BCUT2D eigenvalue weighted by atomic mass is 9.89. The predicted molar refractivity (Wildman–Crippen MR) is 120 cm³/mol. The molecule has 2 aromatic heterocycles. The van der Waals surface area contributed by atoms with Gasteiger partial charge in [0.1, 0.15) is 34.1 Å². The summed E-state index contributed by atoms with van der Waals surface area (Å²) < 4.78 is 0. The molecular formula is C22H20N6OS2. The third-order valence-electron chi connectivity index (χ3n) is 5.66.